The van der Waals surface area contributed by atoms with Crippen LogP contribution in [0.25, 0.3) is 0 Å². The van der Waals surface area contributed by atoms with Gasteiger partial charge in [-0.25, -0.2) is 4.98 Å². The number of aromatic nitrogens is 1. The summed E-state index contributed by atoms with van der Waals surface area (Å²) in [5.74, 6) is 2.80. The summed E-state index contributed by atoms with van der Waals surface area (Å²) in [7, 11) is 0. The lowest BCUT2D eigenvalue weighted by atomic mass is 9.99. The van der Waals surface area contributed by atoms with Crippen LogP contribution in [0.5, 0.6) is 0 Å². The SMILES string of the molecule is CCNC(=NCCCN1CCC(C)CC1)NCCCCNc1ccccn1.I. The Kier molecular flexibility index (Phi) is 14.1. The van der Waals surface area contributed by atoms with E-state index in [9.17, 15) is 0 Å². The molecule has 2 heterocycles. The van der Waals surface area contributed by atoms with E-state index in [0.717, 1.165) is 63.1 Å². The molecule has 3 N–H and O–H groups in total. The van der Waals surface area contributed by atoms with Gasteiger partial charge in [0.25, 0.3) is 0 Å². The Labute approximate surface area is 188 Å². The van der Waals surface area contributed by atoms with Gasteiger partial charge in [-0.3, -0.25) is 4.99 Å². The molecular formula is C21H39IN6. The largest absolute Gasteiger partial charge is 0.370 e. The van der Waals surface area contributed by atoms with Crippen molar-refractivity contribution in [3.8, 4) is 0 Å². The minimum atomic E-state index is 0. The average molecular weight is 502 g/mol. The summed E-state index contributed by atoms with van der Waals surface area (Å²) in [5, 5.41) is 10.1. The van der Waals surface area contributed by atoms with Crippen molar-refractivity contribution in [2.75, 3.05) is 51.1 Å². The van der Waals surface area contributed by atoms with Gasteiger partial charge in [-0.15, -0.1) is 24.0 Å². The fraction of sp³-hybridized carbons (Fsp3) is 0.714. The lowest BCUT2D eigenvalue weighted by Crippen LogP contribution is -2.38. The molecule has 1 aromatic rings. The molecular weight excluding hydrogens is 463 g/mol. The third-order valence-electron chi connectivity index (χ3n) is 4.99. The van der Waals surface area contributed by atoms with Crippen molar-refractivity contribution in [3.63, 3.8) is 0 Å². The summed E-state index contributed by atoms with van der Waals surface area (Å²) >= 11 is 0. The number of hydrogen-bond acceptors (Lipinski definition) is 4. The van der Waals surface area contributed by atoms with Gasteiger partial charge in [0.15, 0.2) is 5.96 Å². The first kappa shape index (κ1) is 24.9. The van der Waals surface area contributed by atoms with Crippen LogP contribution in [0.1, 0.15) is 46.0 Å². The van der Waals surface area contributed by atoms with E-state index in [2.05, 4.69) is 39.7 Å². The van der Waals surface area contributed by atoms with Crippen LogP contribution in [-0.4, -0.2) is 61.7 Å². The summed E-state index contributed by atoms with van der Waals surface area (Å²) in [6.07, 6.45) is 7.87. The smallest absolute Gasteiger partial charge is 0.191 e. The molecule has 0 unspecified atom stereocenters. The standard InChI is InChI=1S/C21H38N6.HI/c1-3-22-21(26-15-8-16-27-17-10-19(2)11-18-27)25-14-7-6-13-24-20-9-4-5-12-23-20;/h4-5,9,12,19H,3,6-8,10-11,13-18H2,1-2H3,(H,23,24)(H2,22,25,26);1H. The van der Waals surface area contributed by atoms with Gasteiger partial charge in [0.2, 0.25) is 0 Å². The van der Waals surface area contributed by atoms with Crippen molar-refractivity contribution in [1.82, 2.24) is 20.5 Å². The second-order valence-corrected chi connectivity index (χ2v) is 7.41. The maximum atomic E-state index is 4.72. The van der Waals surface area contributed by atoms with E-state index in [1.54, 1.807) is 0 Å². The van der Waals surface area contributed by atoms with Crippen LogP contribution >= 0.6 is 24.0 Å². The number of aliphatic imine (C=N–C) groups is 1. The first-order valence-electron chi connectivity index (χ1n) is 10.7. The highest BCUT2D eigenvalue weighted by molar-refractivity contribution is 14.0. The molecule has 28 heavy (non-hydrogen) atoms. The highest BCUT2D eigenvalue weighted by atomic mass is 127. The molecule has 0 bridgehead atoms. The second-order valence-electron chi connectivity index (χ2n) is 7.41. The van der Waals surface area contributed by atoms with Gasteiger partial charge in [0.1, 0.15) is 5.82 Å². The van der Waals surface area contributed by atoms with Crippen LogP contribution in [0.2, 0.25) is 0 Å². The highest BCUT2D eigenvalue weighted by Crippen LogP contribution is 2.15. The first-order chi connectivity index (χ1) is 13.3. The molecule has 1 fully saturated rings. The fourth-order valence-electron chi connectivity index (χ4n) is 3.25. The lowest BCUT2D eigenvalue weighted by molar-refractivity contribution is 0.192. The zero-order valence-corrected chi connectivity index (χ0v) is 20.0. The number of unbranched alkanes of at least 4 members (excludes halogenated alkanes) is 1. The second kappa shape index (κ2) is 15.8. The summed E-state index contributed by atoms with van der Waals surface area (Å²) in [4.78, 5) is 11.6. The predicted octanol–water partition coefficient (Wildman–Crippen LogP) is 3.57. The van der Waals surface area contributed by atoms with Crippen molar-refractivity contribution in [2.24, 2.45) is 10.9 Å². The van der Waals surface area contributed by atoms with Crippen molar-refractivity contribution >= 4 is 35.8 Å². The van der Waals surface area contributed by atoms with E-state index >= 15 is 0 Å². The van der Waals surface area contributed by atoms with Crippen molar-refractivity contribution in [3.05, 3.63) is 24.4 Å². The van der Waals surface area contributed by atoms with Gasteiger partial charge in [-0.05, 0) is 76.7 Å². The molecule has 0 amide bonds. The number of likely N-dealkylation sites (tertiary alicyclic amines) is 1. The van der Waals surface area contributed by atoms with Gasteiger partial charge in [0.05, 0.1) is 0 Å². The Balaban J connectivity index is 0.00000392. The molecule has 1 saturated heterocycles. The number of guanidine groups is 1. The Morgan fingerprint density at radius 1 is 1.14 bits per heavy atom. The molecule has 160 valence electrons. The van der Waals surface area contributed by atoms with Crippen molar-refractivity contribution in [1.29, 1.82) is 0 Å². The number of rotatable bonds is 11. The number of nitrogens with one attached hydrogen (secondary N) is 3. The van der Waals surface area contributed by atoms with Gasteiger partial charge < -0.3 is 20.9 Å². The molecule has 2 rings (SSSR count). The molecule has 0 radical (unpaired) electrons. The third kappa shape index (κ3) is 11.0. The van der Waals surface area contributed by atoms with Gasteiger partial charge in [-0.2, -0.15) is 0 Å². The Hall–Kier alpha value is -1.09. The van der Waals surface area contributed by atoms with E-state index < -0.39 is 0 Å². The quantitative estimate of drug-likeness (QED) is 0.187. The number of pyridine rings is 1. The van der Waals surface area contributed by atoms with Crippen LogP contribution < -0.4 is 16.0 Å². The first-order valence-corrected chi connectivity index (χ1v) is 10.7. The van der Waals surface area contributed by atoms with Crippen LogP contribution in [-0.2, 0) is 0 Å². The van der Waals surface area contributed by atoms with Crippen LogP contribution in [0.4, 0.5) is 5.82 Å². The Morgan fingerprint density at radius 2 is 1.93 bits per heavy atom. The Morgan fingerprint density at radius 3 is 2.64 bits per heavy atom. The molecule has 0 aliphatic carbocycles. The van der Waals surface area contributed by atoms with Gasteiger partial charge >= 0.3 is 0 Å². The monoisotopic (exact) mass is 502 g/mol. The zero-order valence-electron chi connectivity index (χ0n) is 17.6. The van der Waals surface area contributed by atoms with E-state index in [1.807, 2.05) is 24.4 Å². The summed E-state index contributed by atoms with van der Waals surface area (Å²) < 4.78 is 0. The fourth-order valence-corrected chi connectivity index (χ4v) is 3.25. The minimum Gasteiger partial charge on any atom is -0.370 e. The van der Waals surface area contributed by atoms with E-state index in [-0.39, 0.29) is 24.0 Å². The maximum Gasteiger partial charge on any atom is 0.191 e. The lowest BCUT2D eigenvalue weighted by Gasteiger charge is -2.29. The van der Waals surface area contributed by atoms with Crippen LogP contribution in [0.15, 0.2) is 29.4 Å². The summed E-state index contributed by atoms with van der Waals surface area (Å²) in [5.41, 5.74) is 0. The summed E-state index contributed by atoms with van der Waals surface area (Å²) in [6, 6.07) is 5.93. The molecule has 1 aromatic heterocycles. The number of nitrogens with zero attached hydrogens (tertiary/aromatic N) is 3. The summed E-state index contributed by atoms with van der Waals surface area (Å²) in [6.45, 7) is 11.9. The molecule has 0 spiro atoms. The maximum absolute atomic E-state index is 4.72. The van der Waals surface area contributed by atoms with Gasteiger partial charge in [-0.1, -0.05) is 13.0 Å². The number of piperidine rings is 1. The van der Waals surface area contributed by atoms with Crippen molar-refractivity contribution in [2.45, 2.75) is 46.0 Å². The molecule has 1 aliphatic rings. The zero-order chi connectivity index (χ0) is 19.2. The molecule has 0 aromatic carbocycles. The average Bonchev–Trinajstić information content (AvgIpc) is 2.70. The van der Waals surface area contributed by atoms with Crippen LogP contribution in [0, 0.1) is 5.92 Å². The van der Waals surface area contributed by atoms with Crippen molar-refractivity contribution < 1.29 is 0 Å². The predicted molar refractivity (Wildman–Crippen MR) is 131 cm³/mol. The van der Waals surface area contributed by atoms with E-state index in [4.69, 9.17) is 4.99 Å². The molecule has 1 aliphatic heterocycles. The molecule has 0 atom stereocenters. The van der Waals surface area contributed by atoms with Crippen LogP contribution in [0.3, 0.4) is 0 Å². The Bertz CT molecular complexity index is 517. The number of halogens is 1. The van der Waals surface area contributed by atoms with Gasteiger partial charge in [0, 0.05) is 32.4 Å². The number of hydrogen-bond donors (Lipinski definition) is 3. The van der Waals surface area contributed by atoms with E-state index in [1.165, 1.54) is 32.5 Å². The third-order valence-corrected chi connectivity index (χ3v) is 4.99. The minimum absolute atomic E-state index is 0. The number of anilines is 1. The molecule has 0 saturated carbocycles. The molecule has 7 heteroatoms. The highest BCUT2D eigenvalue weighted by Gasteiger charge is 2.14. The molecule has 6 nitrogen and oxygen atoms in total. The topological polar surface area (TPSA) is 64.6 Å². The van der Waals surface area contributed by atoms with E-state index in [0.29, 0.717) is 0 Å². The normalized spacial score (nSPS) is 15.7.